The van der Waals surface area contributed by atoms with Crippen LogP contribution in [-0.2, 0) is 14.8 Å². The van der Waals surface area contributed by atoms with Crippen LogP contribution in [0, 0.1) is 13.8 Å². The van der Waals surface area contributed by atoms with Crippen LogP contribution >= 0.6 is 0 Å². The van der Waals surface area contributed by atoms with E-state index >= 15 is 0 Å². The number of rotatable bonds is 4. The third-order valence-electron chi connectivity index (χ3n) is 5.71. The zero-order valence-electron chi connectivity index (χ0n) is 17.0. The van der Waals surface area contributed by atoms with Crippen LogP contribution in [0.4, 0.5) is 0 Å². The largest absolute Gasteiger partial charge is 0.484 e. The van der Waals surface area contributed by atoms with Crippen molar-refractivity contribution >= 4 is 21.7 Å². The van der Waals surface area contributed by atoms with E-state index in [0.29, 0.717) is 29.8 Å². The summed E-state index contributed by atoms with van der Waals surface area (Å²) in [5.41, 5.74) is 1.27. The first-order valence-corrected chi connectivity index (χ1v) is 11.3. The number of benzene rings is 2. The number of amides is 1. The lowest BCUT2D eigenvalue weighted by Gasteiger charge is -2.34. The quantitative estimate of drug-likeness (QED) is 0.806. The minimum Gasteiger partial charge on any atom is -0.484 e. The molecule has 2 aromatic carbocycles. The summed E-state index contributed by atoms with van der Waals surface area (Å²) in [6, 6.07) is 12.3. The molecule has 8 heteroatoms. The number of likely N-dealkylation sites (tertiary alicyclic amines) is 1. The van der Waals surface area contributed by atoms with Crippen LogP contribution in [0.25, 0.3) is 0 Å². The number of hydrogen-bond acceptors (Lipinski definition) is 5. The maximum absolute atomic E-state index is 12.7. The van der Waals surface area contributed by atoms with Crippen molar-refractivity contribution in [3.8, 4) is 5.75 Å². The number of carbonyl (C=O) groups excluding carboxylic acids is 2. The molecule has 1 saturated heterocycles. The molecule has 2 heterocycles. The summed E-state index contributed by atoms with van der Waals surface area (Å²) in [5, 5.41) is 0. The highest BCUT2D eigenvalue weighted by molar-refractivity contribution is 7.89. The molecule has 0 bridgehead atoms. The molecule has 2 aliphatic rings. The topological polar surface area (TPSA) is 92.8 Å². The summed E-state index contributed by atoms with van der Waals surface area (Å²) in [6.07, 6.45) is 0.741. The summed E-state index contributed by atoms with van der Waals surface area (Å²) in [7, 11) is -3.80. The summed E-state index contributed by atoms with van der Waals surface area (Å²) in [4.78, 5) is 26.9. The van der Waals surface area contributed by atoms with Crippen LogP contribution in [0.5, 0.6) is 5.75 Å². The molecule has 1 amide bonds. The Morgan fingerprint density at radius 1 is 1.20 bits per heavy atom. The number of para-hydroxylation sites is 1. The molecular formula is C22H24N2O5S. The van der Waals surface area contributed by atoms with Crippen molar-refractivity contribution in [2.24, 2.45) is 0 Å². The summed E-state index contributed by atoms with van der Waals surface area (Å²) in [6.45, 7) is 3.87. The summed E-state index contributed by atoms with van der Waals surface area (Å²) in [5.74, 6) is 0.205. The fraction of sp³-hybridized carbons (Fsp3) is 0.364. The molecule has 158 valence electrons. The Balaban J connectivity index is 1.42. The van der Waals surface area contributed by atoms with Crippen molar-refractivity contribution in [1.29, 1.82) is 0 Å². The number of nitrogens with one attached hydrogen (secondary N) is 1. The second-order valence-electron chi connectivity index (χ2n) is 8.04. The molecule has 0 radical (unpaired) electrons. The van der Waals surface area contributed by atoms with Gasteiger partial charge in [0.05, 0.1) is 30.0 Å². The molecule has 1 N–H and O–H groups in total. The van der Waals surface area contributed by atoms with E-state index in [1.165, 1.54) is 0 Å². The van der Waals surface area contributed by atoms with E-state index in [0.717, 1.165) is 5.56 Å². The minimum atomic E-state index is -3.80. The summed E-state index contributed by atoms with van der Waals surface area (Å²) >= 11 is 0. The van der Waals surface area contributed by atoms with Gasteiger partial charge in [-0.15, -0.1) is 0 Å². The van der Waals surface area contributed by atoms with Crippen LogP contribution in [0.1, 0.15) is 34.3 Å². The highest BCUT2D eigenvalue weighted by Gasteiger charge is 2.46. The van der Waals surface area contributed by atoms with Crippen molar-refractivity contribution in [3.63, 3.8) is 0 Å². The van der Waals surface area contributed by atoms with Gasteiger partial charge in [-0.3, -0.25) is 9.59 Å². The normalized spacial score (nSPS) is 20.9. The molecule has 1 fully saturated rings. The first-order valence-electron chi connectivity index (χ1n) is 9.85. The molecular weight excluding hydrogens is 404 g/mol. The van der Waals surface area contributed by atoms with Crippen LogP contribution in [0.2, 0.25) is 0 Å². The molecule has 2 aromatic rings. The number of ketones is 1. The fourth-order valence-electron chi connectivity index (χ4n) is 4.07. The lowest BCUT2D eigenvalue weighted by molar-refractivity contribution is -0.129. The molecule has 1 spiro atoms. The maximum Gasteiger partial charge on any atom is 0.241 e. The molecule has 1 unspecified atom stereocenters. The van der Waals surface area contributed by atoms with E-state index in [9.17, 15) is 18.0 Å². The van der Waals surface area contributed by atoms with Gasteiger partial charge in [-0.1, -0.05) is 24.3 Å². The lowest BCUT2D eigenvalue weighted by Crippen LogP contribution is -2.46. The second kappa shape index (κ2) is 7.52. The SMILES string of the molecule is Cc1ccc(C)c(S(=O)(=O)NCC(=O)N2CCC3(CC(=O)c4ccccc4O3)C2)c1. The Bertz CT molecular complexity index is 1130. The van der Waals surface area contributed by atoms with Gasteiger partial charge in [-0.25, -0.2) is 13.1 Å². The third-order valence-corrected chi connectivity index (χ3v) is 7.26. The number of carbonyl (C=O) groups is 2. The average molecular weight is 429 g/mol. The first-order chi connectivity index (χ1) is 14.2. The molecule has 1 atom stereocenters. The Labute approximate surface area is 176 Å². The maximum atomic E-state index is 12.7. The molecule has 7 nitrogen and oxygen atoms in total. The second-order valence-corrected chi connectivity index (χ2v) is 9.78. The van der Waals surface area contributed by atoms with E-state index in [2.05, 4.69) is 4.72 Å². The van der Waals surface area contributed by atoms with E-state index in [4.69, 9.17) is 4.74 Å². The van der Waals surface area contributed by atoms with E-state index in [1.807, 2.05) is 19.1 Å². The van der Waals surface area contributed by atoms with Crippen molar-refractivity contribution in [2.45, 2.75) is 37.2 Å². The Morgan fingerprint density at radius 3 is 2.77 bits per heavy atom. The number of aryl methyl sites for hydroxylation is 2. The Hall–Kier alpha value is -2.71. The Kier molecular flexibility index (Phi) is 5.15. The predicted octanol–water partition coefficient (Wildman–Crippen LogP) is 2.22. The van der Waals surface area contributed by atoms with Gasteiger partial charge >= 0.3 is 0 Å². The van der Waals surface area contributed by atoms with Crippen molar-refractivity contribution in [1.82, 2.24) is 9.62 Å². The van der Waals surface area contributed by atoms with Gasteiger partial charge in [0.25, 0.3) is 0 Å². The number of fused-ring (bicyclic) bond motifs is 1. The van der Waals surface area contributed by atoms with Crippen LogP contribution < -0.4 is 9.46 Å². The highest BCUT2D eigenvalue weighted by atomic mass is 32.2. The van der Waals surface area contributed by atoms with Gasteiger partial charge in [0.1, 0.15) is 11.4 Å². The number of Topliss-reactive ketones (excluding diaryl/α,β-unsaturated/α-hetero) is 1. The third kappa shape index (κ3) is 3.85. The van der Waals surface area contributed by atoms with Gasteiger partial charge in [0, 0.05) is 13.0 Å². The van der Waals surface area contributed by atoms with Gasteiger partial charge in [-0.05, 0) is 43.2 Å². The number of sulfonamides is 1. The van der Waals surface area contributed by atoms with E-state index in [1.54, 1.807) is 42.2 Å². The van der Waals surface area contributed by atoms with E-state index in [-0.39, 0.29) is 36.1 Å². The van der Waals surface area contributed by atoms with Gasteiger partial charge in [0.2, 0.25) is 15.9 Å². The average Bonchev–Trinajstić information content (AvgIpc) is 3.11. The first kappa shape index (κ1) is 20.6. The molecule has 0 aromatic heterocycles. The highest BCUT2D eigenvalue weighted by Crippen LogP contribution is 2.38. The molecule has 4 rings (SSSR count). The molecule has 0 aliphatic carbocycles. The molecule has 2 aliphatic heterocycles. The van der Waals surface area contributed by atoms with Gasteiger partial charge in [-0.2, -0.15) is 0 Å². The summed E-state index contributed by atoms with van der Waals surface area (Å²) < 4.78 is 33.8. The standard InChI is InChI=1S/C22H24N2O5S/c1-15-7-8-16(2)20(11-15)30(27,28)23-13-21(26)24-10-9-22(14-24)12-18(25)17-5-3-4-6-19(17)29-22/h3-8,11,23H,9-10,12-14H2,1-2H3. The van der Waals surface area contributed by atoms with Crippen LogP contribution in [-0.4, -0.2) is 50.2 Å². The van der Waals surface area contributed by atoms with Gasteiger partial charge in [0.15, 0.2) is 5.78 Å². The monoisotopic (exact) mass is 428 g/mol. The van der Waals surface area contributed by atoms with E-state index < -0.39 is 15.6 Å². The van der Waals surface area contributed by atoms with Crippen LogP contribution in [0.3, 0.4) is 0 Å². The predicted molar refractivity (Wildman–Crippen MR) is 111 cm³/mol. The zero-order valence-corrected chi connectivity index (χ0v) is 17.8. The lowest BCUT2D eigenvalue weighted by atomic mass is 9.89. The minimum absolute atomic E-state index is 0.00164. The molecule has 30 heavy (non-hydrogen) atoms. The molecule has 0 saturated carbocycles. The number of hydrogen-bond donors (Lipinski definition) is 1. The fourth-order valence-corrected chi connectivity index (χ4v) is 5.37. The van der Waals surface area contributed by atoms with Gasteiger partial charge < -0.3 is 9.64 Å². The number of nitrogens with zero attached hydrogens (tertiary/aromatic N) is 1. The zero-order chi connectivity index (χ0) is 21.5. The van der Waals surface area contributed by atoms with Crippen molar-refractivity contribution in [2.75, 3.05) is 19.6 Å². The van der Waals surface area contributed by atoms with Crippen molar-refractivity contribution < 1.29 is 22.7 Å². The smallest absolute Gasteiger partial charge is 0.241 e. The Morgan fingerprint density at radius 2 is 1.97 bits per heavy atom. The number of ether oxygens (including phenoxy) is 1. The van der Waals surface area contributed by atoms with Crippen LogP contribution in [0.15, 0.2) is 47.4 Å². The van der Waals surface area contributed by atoms with Crippen molar-refractivity contribution in [3.05, 3.63) is 59.2 Å².